The van der Waals surface area contributed by atoms with Gasteiger partial charge in [-0.05, 0) is 0 Å². The first-order valence-electron chi connectivity index (χ1n) is 12.8. The molecule has 0 aromatic rings. The zero-order valence-electron chi connectivity index (χ0n) is 19.4. The number of fused-ring (bicyclic) bond motifs is 4. The summed E-state index contributed by atoms with van der Waals surface area (Å²) in [5.41, 5.74) is 4.18. The van der Waals surface area contributed by atoms with Gasteiger partial charge in [0.05, 0.1) is 0 Å². The maximum atomic E-state index is 10.3. The standard InChI is InChI=1S/C27H45AtO/c1-17(2)6-5-7-18(3)25-10-11-26-24-14-19(16-28)23-15-20(29)8-9-21(23)22(24)12-13-27(25,26)4/h17-20,22,24-26,29H,5-16H2,1-4H3/t18-,19+,20+,22-,24-,25-,26+,27-/m1/s1/i28+1. The van der Waals surface area contributed by atoms with Gasteiger partial charge in [0.25, 0.3) is 0 Å². The predicted octanol–water partition coefficient (Wildman–Crippen LogP) is 7.34. The van der Waals surface area contributed by atoms with E-state index < -0.39 is 0 Å². The van der Waals surface area contributed by atoms with Crippen molar-refractivity contribution in [2.75, 3.05) is 0 Å². The molecule has 4 rings (SSSR count). The van der Waals surface area contributed by atoms with Crippen molar-refractivity contribution in [2.45, 2.75) is 109 Å². The van der Waals surface area contributed by atoms with E-state index in [4.69, 9.17) is 0 Å². The van der Waals surface area contributed by atoms with Crippen molar-refractivity contribution in [2.24, 2.45) is 46.8 Å². The van der Waals surface area contributed by atoms with Crippen molar-refractivity contribution in [3.05, 3.63) is 11.1 Å². The number of allylic oxidation sites excluding steroid dienone is 1. The van der Waals surface area contributed by atoms with E-state index in [-0.39, 0.29) is 6.10 Å². The first-order valence-corrected chi connectivity index (χ1v) is 14.9. The fourth-order valence-corrected chi connectivity index (χ4v) is 9.74. The summed E-state index contributed by atoms with van der Waals surface area (Å²) >= 11 is 1.96. The third-order valence-electron chi connectivity index (χ3n) is 9.94. The molecule has 0 saturated heterocycles. The van der Waals surface area contributed by atoms with E-state index in [1.165, 1.54) is 61.9 Å². The van der Waals surface area contributed by atoms with Gasteiger partial charge in [0.1, 0.15) is 0 Å². The maximum absolute atomic E-state index is 10.3. The van der Waals surface area contributed by atoms with Gasteiger partial charge in [0, 0.05) is 0 Å². The molecule has 1 nitrogen and oxygen atoms in total. The third kappa shape index (κ3) is 4.29. The van der Waals surface area contributed by atoms with Gasteiger partial charge >= 0.3 is 183 Å². The van der Waals surface area contributed by atoms with E-state index in [2.05, 4.69) is 27.7 Å². The molecular weight excluding hydrogens is 551 g/mol. The molecule has 2 fully saturated rings. The molecule has 2 saturated carbocycles. The molecule has 4 aliphatic rings. The number of aliphatic hydroxyl groups is 1. The fourth-order valence-electron chi connectivity index (χ4n) is 8.52. The first-order chi connectivity index (χ1) is 13.8. The van der Waals surface area contributed by atoms with Gasteiger partial charge in [-0.25, -0.2) is 0 Å². The van der Waals surface area contributed by atoms with Crippen LogP contribution >= 0.6 is 0 Å². The van der Waals surface area contributed by atoms with Crippen molar-refractivity contribution in [3.8, 4) is 0 Å². The molecule has 29 heavy (non-hydrogen) atoms. The van der Waals surface area contributed by atoms with Crippen molar-refractivity contribution in [3.63, 3.8) is 0 Å². The molecule has 8 atom stereocenters. The van der Waals surface area contributed by atoms with Crippen LogP contribution in [0.2, 0.25) is 4.13 Å². The Morgan fingerprint density at radius 3 is 2.59 bits per heavy atom. The fraction of sp³-hybridized carbons (Fsp3) is 0.926. The van der Waals surface area contributed by atoms with Crippen LogP contribution in [0.25, 0.3) is 0 Å². The molecule has 2 heteroatoms. The van der Waals surface area contributed by atoms with E-state index >= 15 is 0 Å². The number of rotatable bonds is 6. The normalized spacial score (nSPS) is 43.1. The second-order valence-electron chi connectivity index (χ2n) is 11.9. The van der Waals surface area contributed by atoms with E-state index in [0.717, 1.165) is 54.3 Å². The zero-order valence-corrected chi connectivity index (χ0v) is 22.4. The summed E-state index contributed by atoms with van der Waals surface area (Å²) in [6, 6.07) is 0. The molecule has 0 aromatic heterocycles. The Kier molecular flexibility index (Phi) is 7.23. The molecule has 0 unspecified atom stereocenters. The summed E-state index contributed by atoms with van der Waals surface area (Å²) in [4.78, 5) is 0. The van der Waals surface area contributed by atoms with Gasteiger partial charge < -0.3 is 0 Å². The van der Waals surface area contributed by atoms with Crippen molar-refractivity contribution < 1.29 is 29.8 Å². The summed E-state index contributed by atoms with van der Waals surface area (Å²) in [5, 5.41) is 10.3. The Hall–Kier alpha value is 0.583. The van der Waals surface area contributed by atoms with Crippen LogP contribution < -0.4 is 0 Å². The Morgan fingerprint density at radius 2 is 1.86 bits per heavy atom. The Balaban J connectivity index is 1.51. The van der Waals surface area contributed by atoms with Crippen LogP contribution in [0, 0.1) is 71.6 Å². The minimum atomic E-state index is -0.0533. The van der Waals surface area contributed by atoms with Crippen LogP contribution in [0.5, 0.6) is 0 Å². The zero-order chi connectivity index (χ0) is 20.8. The number of hydrogen-bond acceptors (Lipinski definition) is 1. The van der Waals surface area contributed by atoms with Gasteiger partial charge in [-0.2, -0.15) is 0 Å². The molecule has 4 aliphatic carbocycles. The molecule has 166 valence electrons. The van der Waals surface area contributed by atoms with Gasteiger partial charge in [0.15, 0.2) is 0 Å². The second kappa shape index (κ2) is 9.21. The molecule has 0 amide bonds. The van der Waals surface area contributed by atoms with Gasteiger partial charge in [-0.3, -0.25) is 0 Å². The summed E-state index contributed by atoms with van der Waals surface area (Å²) in [6.45, 7) is 10.1. The van der Waals surface area contributed by atoms with Crippen molar-refractivity contribution in [1.82, 2.24) is 0 Å². The van der Waals surface area contributed by atoms with E-state index in [1.807, 2.05) is 30.3 Å². The van der Waals surface area contributed by atoms with E-state index in [1.54, 1.807) is 5.57 Å². The third-order valence-corrected chi connectivity index (χ3v) is 11.4. The molecule has 0 aromatic carbocycles. The summed E-state index contributed by atoms with van der Waals surface area (Å²) in [5.74, 6) is 6.33. The molecular formula is C27H45AtO. The van der Waals surface area contributed by atoms with Gasteiger partial charge in [-0.15, -0.1) is 0 Å². The van der Waals surface area contributed by atoms with Crippen LogP contribution in [0.15, 0.2) is 11.1 Å². The first kappa shape index (κ1) is 22.8. The summed E-state index contributed by atoms with van der Waals surface area (Å²) in [6.07, 6.45) is 14.8. The Bertz CT molecular complexity index is 610. The van der Waals surface area contributed by atoms with Crippen LogP contribution in [0.1, 0.15) is 98.3 Å². The monoisotopic (exact) mass is 596 g/mol. The second-order valence-corrected chi connectivity index (χ2v) is 13.1. The van der Waals surface area contributed by atoms with Crippen LogP contribution in [-0.2, 0) is 0 Å². The SMILES string of the molecule is CC(C)CCC[C@@H](C)[C@H]1CC[C@H]2[C@@H]3C[C@@H](C[211At])C4=C(CC[C@H](O)C4)[C@H]3CC[C@]12C. The molecule has 0 spiro atoms. The molecule has 0 bridgehead atoms. The van der Waals surface area contributed by atoms with Crippen molar-refractivity contribution in [1.29, 1.82) is 0 Å². The topological polar surface area (TPSA) is 20.2 Å². The molecule has 0 radical (unpaired) electrons. The van der Waals surface area contributed by atoms with Gasteiger partial charge in [0.2, 0.25) is 0 Å². The Labute approximate surface area is 195 Å². The number of hydrogen-bond donors (Lipinski definition) is 1. The van der Waals surface area contributed by atoms with Crippen LogP contribution in [0.4, 0.5) is 0 Å². The quantitative estimate of drug-likeness (QED) is 0.318. The van der Waals surface area contributed by atoms with Crippen LogP contribution in [-0.4, -0.2) is 11.2 Å². The van der Waals surface area contributed by atoms with E-state index in [0.29, 0.717) is 5.41 Å². The molecule has 1 N–H and O–H groups in total. The molecule has 0 heterocycles. The van der Waals surface area contributed by atoms with E-state index in [9.17, 15) is 5.11 Å². The average molecular weight is 597 g/mol. The summed E-state index contributed by atoms with van der Waals surface area (Å²) in [7, 11) is 0. The number of aliphatic hydroxyl groups excluding tert-OH is 1. The predicted molar refractivity (Wildman–Crippen MR) is 118 cm³/mol. The Morgan fingerprint density at radius 1 is 1.07 bits per heavy atom. The summed E-state index contributed by atoms with van der Waals surface area (Å²) < 4.78 is 1.34. The van der Waals surface area contributed by atoms with Gasteiger partial charge in [-0.1, -0.05) is 13.8 Å². The minimum absolute atomic E-state index is 0.0533. The van der Waals surface area contributed by atoms with Crippen LogP contribution in [0.3, 0.4) is 0 Å². The van der Waals surface area contributed by atoms with Crippen molar-refractivity contribution >= 4 is 0 Å². The molecule has 0 aliphatic heterocycles. The average Bonchev–Trinajstić information content (AvgIpc) is 3.04.